The van der Waals surface area contributed by atoms with Crippen LogP contribution in [0.15, 0.2) is 36.5 Å². The molecular weight excluding hydrogens is 304 g/mol. The summed E-state index contributed by atoms with van der Waals surface area (Å²) in [6.45, 7) is 4.97. The van der Waals surface area contributed by atoms with Gasteiger partial charge in [0.25, 0.3) is 0 Å². The molecular formula is C18H26N4O2. The van der Waals surface area contributed by atoms with E-state index in [0.717, 1.165) is 50.6 Å². The second kappa shape index (κ2) is 8.28. The lowest BCUT2D eigenvalue weighted by molar-refractivity contribution is 0.0493. The molecule has 2 heterocycles. The van der Waals surface area contributed by atoms with E-state index in [0.29, 0.717) is 6.04 Å². The molecule has 1 aliphatic rings. The third kappa shape index (κ3) is 4.35. The minimum Gasteiger partial charge on any atom is -0.497 e. The maximum atomic E-state index is 9.45. The maximum Gasteiger partial charge on any atom is 0.119 e. The Morgan fingerprint density at radius 1 is 1.29 bits per heavy atom. The van der Waals surface area contributed by atoms with E-state index < -0.39 is 0 Å². The Labute approximate surface area is 143 Å². The van der Waals surface area contributed by atoms with Gasteiger partial charge in [-0.2, -0.15) is 5.10 Å². The average molecular weight is 330 g/mol. The Morgan fingerprint density at radius 3 is 2.96 bits per heavy atom. The fourth-order valence-electron chi connectivity index (χ4n) is 3.35. The third-order valence-corrected chi connectivity index (χ3v) is 4.62. The molecule has 6 heteroatoms. The standard InChI is InChI=1S/C18H26N4O2/c1-24-18-4-2-3-15(11-18)12-22-9-8-21(14-17(22)6-10-23)13-16-5-7-19-20-16/h2-5,7,11,17,23H,6,8-10,12-14H2,1H3,(H,19,20). The van der Waals surface area contributed by atoms with E-state index in [9.17, 15) is 5.11 Å². The van der Waals surface area contributed by atoms with E-state index >= 15 is 0 Å². The van der Waals surface area contributed by atoms with Crippen LogP contribution in [0, 0.1) is 0 Å². The van der Waals surface area contributed by atoms with Gasteiger partial charge >= 0.3 is 0 Å². The van der Waals surface area contributed by atoms with Gasteiger partial charge in [0.2, 0.25) is 0 Å². The molecule has 1 fully saturated rings. The van der Waals surface area contributed by atoms with Gasteiger partial charge < -0.3 is 9.84 Å². The fraction of sp³-hybridized carbons (Fsp3) is 0.500. The Bertz CT molecular complexity index is 617. The van der Waals surface area contributed by atoms with Crippen LogP contribution in [-0.2, 0) is 13.1 Å². The van der Waals surface area contributed by atoms with Crippen LogP contribution in [-0.4, -0.2) is 64.5 Å². The van der Waals surface area contributed by atoms with Crippen LogP contribution in [0.4, 0.5) is 0 Å². The first-order valence-corrected chi connectivity index (χ1v) is 8.47. The minimum absolute atomic E-state index is 0.219. The summed E-state index contributed by atoms with van der Waals surface area (Å²) in [7, 11) is 1.70. The number of H-pyrrole nitrogens is 1. The molecule has 0 amide bonds. The average Bonchev–Trinajstić information content (AvgIpc) is 3.11. The summed E-state index contributed by atoms with van der Waals surface area (Å²) < 4.78 is 5.32. The summed E-state index contributed by atoms with van der Waals surface area (Å²) in [6, 6.07) is 10.6. The van der Waals surface area contributed by atoms with Crippen molar-refractivity contribution in [1.82, 2.24) is 20.0 Å². The van der Waals surface area contributed by atoms with E-state index in [1.54, 1.807) is 13.3 Å². The number of rotatable bonds is 7. The first kappa shape index (κ1) is 17.0. The highest BCUT2D eigenvalue weighted by Crippen LogP contribution is 2.20. The smallest absolute Gasteiger partial charge is 0.119 e. The van der Waals surface area contributed by atoms with Crippen molar-refractivity contribution in [3.05, 3.63) is 47.8 Å². The number of aliphatic hydroxyl groups is 1. The van der Waals surface area contributed by atoms with Gasteiger partial charge in [0, 0.05) is 57.3 Å². The number of nitrogens with one attached hydrogen (secondary N) is 1. The zero-order valence-electron chi connectivity index (χ0n) is 14.2. The fourth-order valence-corrected chi connectivity index (χ4v) is 3.35. The van der Waals surface area contributed by atoms with Gasteiger partial charge in [0.1, 0.15) is 5.75 Å². The summed E-state index contributed by atoms with van der Waals surface area (Å²) >= 11 is 0. The lowest BCUT2D eigenvalue weighted by Crippen LogP contribution is -2.52. The van der Waals surface area contributed by atoms with E-state index in [-0.39, 0.29) is 6.61 Å². The van der Waals surface area contributed by atoms with Crippen LogP contribution in [0.25, 0.3) is 0 Å². The molecule has 1 aliphatic heterocycles. The first-order valence-electron chi connectivity index (χ1n) is 8.47. The number of ether oxygens (including phenoxy) is 1. The maximum absolute atomic E-state index is 9.45. The number of aromatic amines is 1. The van der Waals surface area contributed by atoms with Gasteiger partial charge in [0.15, 0.2) is 0 Å². The Hall–Kier alpha value is -1.89. The number of methoxy groups -OCH3 is 1. The molecule has 24 heavy (non-hydrogen) atoms. The number of benzene rings is 1. The molecule has 0 radical (unpaired) electrons. The molecule has 2 aromatic rings. The number of aliphatic hydroxyl groups excluding tert-OH is 1. The normalized spacial score (nSPS) is 19.5. The second-order valence-corrected chi connectivity index (χ2v) is 6.31. The molecule has 0 bridgehead atoms. The van der Waals surface area contributed by atoms with Crippen molar-refractivity contribution in [2.75, 3.05) is 33.4 Å². The topological polar surface area (TPSA) is 64.6 Å². The second-order valence-electron chi connectivity index (χ2n) is 6.31. The lowest BCUT2D eigenvalue weighted by Gasteiger charge is -2.41. The predicted molar refractivity (Wildman–Crippen MR) is 92.8 cm³/mol. The third-order valence-electron chi connectivity index (χ3n) is 4.62. The van der Waals surface area contributed by atoms with E-state index in [2.05, 4.69) is 32.1 Å². The van der Waals surface area contributed by atoms with Crippen molar-refractivity contribution in [2.45, 2.75) is 25.6 Å². The summed E-state index contributed by atoms with van der Waals surface area (Å²) in [5.41, 5.74) is 2.39. The number of nitrogens with zero attached hydrogens (tertiary/aromatic N) is 3. The molecule has 2 N–H and O–H groups in total. The highest BCUT2D eigenvalue weighted by Gasteiger charge is 2.26. The van der Waals surface area contributed by atoms with Gasteiger partial charge in [-0.25, -0.2) is 0 Å². The Morgan fingerprint density at radius 2 is 2.21 bits per heavy atom. The van der Waals surface area contributed by atoms with Gasteiger partial charge in [-0.3, -0.25) is 14.9 Å². The van der Waals surface area contributed by atoms with Crippen LogP contribution in [0.2, 0.25) is 0 Å². The molecule has 0 aliphatic carbocycles. The molecule has 1 unspecified atom stereocenters. The summed E-state index contributed by atoms with van der Waals surface area (Å²) in [5, 5.41) is 16.5. The summed E-state index contributed by atoms with van der Waals surface area (Å²) in [5.74, 6) is 0.893. The zero-order valence-corrected chi connectivity index (χ0v) is 14.2. The largest absolute Gasteiger partial charge is 0.497 e. The summed E-state index contributed by atoms with van der Waals surface area (Å²) in [6.07, 6.45) is 2.59. The van der Waals surface area contributed by atoms with Gasteiger partial charge in [-0.05, 0) is 30.2 Å². The highest BCUT2D eigenvalue weighted by molar-refractivity contribution is 5.28. The molecule has 3 rings (SSSR count). The van der Waals surface area contributed by atoms with E-state index in [1.165, 1.54) is 5.56 Å². The van der Waals surface area contributed by atoms with Crippen LogP contribution >= 0.6 is 0 Å². The monoisotopic (exact) mass is 330 g/mol. The SMILES string of the molecule is COc1cccc(CN2CCN(Cc3ccn[nH]3)CC2CCO)c1. The van der Waals surface area contributed by atoms with Crippen molar-refractivity contribution in [3.8, 4) is 5.75 Å². The molecule has 1 aromatic carbocycles. The van der Waals surface area contributed by atoms with Gasteiger partial charge in [0.05, 0.1) is 7.11 Å². The quantitative estimate of drug-likeness (QED) is 0.805. The van der Waals surface area contributed by atoms with Crippen LogP contribution in [0.5, 0.6) is 5.75 Å². The van der Waals surface area contributed by atoms with E-state index in [4.69, 9.17) is 4.74 Å². The first-order chi connectivity index (χ1) is 11.8. The Balaban J connectivity index is 1.62. The molecule has 1 atom stereocenters. The molecule has 0 saturated carbocycles. The highest BCUT2D eigenvalue weighted by atomic mass is 16.5. The van der Waals surface area contributed by atoms with E-state index in [1.807, 2.05) is 18.2 Å². The predicted octanol–water partition coefficient (Wildman–Crippen LogP) is 1.49. The number of piperazine rings is 1. The molecule has 1 saturated heterocycles. The molecule has 0 spiro atoms. The van der Waals surface area contributed by atoms with Gasteiger partial charge in [-0.15, -0.1) is 0 Å². The number of hydrogen-bond donors (Lipinski definition) is 2. The van der Waals surface area contributed by atoms with Crippen molar-refractivity contribution < 1.29 is 9.84 Å². The van der Waals surface area contributed by atoms with Gasteiger partial charge in [-0.1, -0.05) is 12.1 Å². The van der Waals surface area contributed by atoms with Crippen LogP contribution in [0.1, 0.15) is 17.7 Å². The molecule has 1 aromatic heterocycles. The van der Waals surface area contributed by atoms with Crippen LogP contribution in [0.3, 0.4) is 0 Å². The van der Waals surface area contributed by atoms with Crippen molar-refractivity contribution in [2.24, 2.45) is 0 Å². The lowest BCUT2D eigenvalue weighted by atomic mass is 10.1. The zero-order chi connectivity index (χ0) is 16.8. The number of aromatic nitrogens is 2. The molecule has 6 nitrogen and oxygen atoms in total. The van der Waals surface area contributed by atoms with Crippen molar-refractivity contribution >= 4 is 0 Å². The van der Waals surface area contributed by atoms with Crippen molar-refractivity contribution in [3.63, 3.8) is 0 Å². The van der Waals surface area contributed by atoms with Crippen LogP contribution < -0.4 is 4.74 Å². The van der Waals surface area contributed by atoms with Crippen molar-refractivity contribution in [1.29, 1.82) is 0 Å². The summed E-state index contributed by atoms with van der Waals surface area (Å²) in [4.78, 5) is 4.89. The number of hydrogen-bond acceptors (Lipinski definition) is 5. The molecule has 130 valence electrons. The minimum atomic E-state index is 0.219. The Kier molecular flexibility index (Phi) is 5.85.